The number of para-hydroxylation sites is 1. The Labute approximate surface area is 192 Å². The molecule has 0 amide bonds. The molecule has 0 spiro atoms. The first kappa shape index (κ1) is 21.9. The van der Waals surface area contributed by atoms with Gasteiger partial charge in [-0.05, 0) is 69.6 Å². The topological polar surface area (TPSA) is 87.7 Å². The van der Waals surface area contributed by atoms with Gasteiger partial charge in [-0.25, -0.2) is 0 Å². The second kappa shape index (κ2) is 9.46. The first-order valence-electron chi connectivity index (χ1n) is 10.4. The summed E-state index contributed by atoms with van der Waals surface area (Å²) >= 11 is 5.67. The molecule has 3 aromatic rings. The summed E-state index contributed by atoms with van der Waals surface area (Å²) in [5.74, 6) is 1.14. The van der Waals surface area contributed by atoms with Crippen LogP contribution in [-0.4, -0.2) is 52.0 Å². The molecule has 166 valence electrons. The maximum absolute atomic E-state index is 11.5. The molecule has 0 bridgehead atoms. The first-order valence-corrected chi connectivity index (χ1v) is 10.8. The average Bonchev–Trinajstić information content (AvgIpc) is 3.39. The summed E-state index contributed by atoms with van der Waals surface area (Å²) in [7, 11) is 4.08. The predicted molar refractivity (Wildman–Crippen MR) is 126 cm³/mol. The highest BCUT2D eigenvalue weighted by molar-refractivity contribution is 7.80. The van der Waals surface area contributed by atoms with E-state index in [1.807, 2.05) is 38.4 Å². The van der Waals surface area contributed by atoms with Crippen molar-refractivity contribution in [3.63, 3.8) is 0 Å². The molecule has 4 rings (SSSR count). The summed E-state index contributed by atoms with van der Waals surface area (Å²) in [6, 6.07) is 15.6. The Bertz CT molecular complexity index is 1100. The Kier molecular flexibility index (Phi) is 6.48. The van der Waals surface area contributed by atoms with Crippen molar-refractivity contribution in [3.05, 3.63) is 82.4 Å². The molecule has 9 heteroatoms. The van der Waals surface area contributed by atoms with Gasteiger partial charge in [-0.1, -0.05) is 18.2 Å². The third-order valence-electron chi connectivity index (χ3n) is 5.49. The van der Waals surface area contributed by atoms with Crippen LogP contribution >= 0.6 is 12.2 Å². The van der Waals surface area contributed by atoms with Crippen molar-refractivity contribution in [2.24, 2.45) is 0 Å². The van der Waals surface area contributed by atoms with Gasteiger partial charge in [-0.15, -0.1) is 0 Å². The number of hydrogen-bond donors (Lipinski definition) is 1. The van der Waals surface area contributed by atoms with E-state index in [0.29, 0.717) is 22.2 Å². The van der Waals surface area contributed by atoms with Crippen LogP contribution in [0, 0.1) is 10.1 Å². The number of furan rings is 1. The molecule has 8 nitrogen and oxygen atoms in total. The van der Waals surface area contributed by atoms with Crippen LogP contribution in [0.3, 0.4) is 0 Å². The summed E-state index contributed by atoms with van der Waals surface area (Å²) in [4.78, 5) is 19.9. The van der Waals surface area contributed by atoms with Crippen LogP contribution in [-0.2, 0) is 0 Å². The van der Waals surface area contributed by atoms with Gasteiger partial charge in [-0.2, -0.15) is 0 Å². The lowest BCUT2D eigenvalue weighted by molar-refractivity contribution is -0.384. The lowest BCUT2D eigenvalue weighted by Gasteiger charge is -2.26. The van der Waals surface area contributed by atoms with Gasteiger partial charge in [0.15, 0.2) is 5.11 Å². The molecular formula is C23H25N5O3S. The monoisotopic (exact) mass is 451 g/mol. The zero-order chi connectivity index (χ0) is 22.7. The van der Waals surface area contributed by atoms with Gasteiger partial charge < -0.3 is 19.5 Å². The fraction of sp³-hybridized carbons (Fsp3) is 0.304. The van der Waals surface area contributed by atoms with Crippen LogP contribution in [0.2, 0.25) is 0 Å². The summed E-state index contributed by atoms with van der Waals surface area (Å²) in [6.45, 7) is 1.68. The number of rotatable bonds is 8. The minimum atomic E-state index is -0.395. The molecule has 0 aliphatic carbocycles. The average molecular weight is 452 g/mol. The highest BCUT2D eigenvalue weighted by Gasteiger charge is 2.41. The van der Waals surface area contributed by atoms with E-state index >= 15 is 0 Å². The number of hydrogen-bond acceptors (Lipinski definition) is 6. The Morgan fingerprint density at radius 1 is 1.19 bits per heavy atom. The Morgan fingerprint density at radius 3 is 2.69 bits per heavy atom. The number of benzene rings is 1. The van der Waals surface area contributed by atoms with Gasteiger partial charge >= 0.3 is 0 Å². The Balaban J connectivity index is 1.70. The molecule has 2 atom stereocenters. The van der Waals surface area contributed by atoms with Crippen molar-refractivity contribution in [2.45, 2.75) is 18.5 Å². The SMILES string of the molecule is CN(C)CCCN1C(=S)N[C@@H](c2ccccn2)[C@@H]1c1ccc(-c2ccccc2[N+](=O)[O-])o1. The van der Waals surface area contributed by atoms with Gasteiger partial charge in [-0.3, -0.25) is 15.1 Å². The highest BCUT2D eigenvalue weighted by atomic mass is 32.1. The summed E-state index contributed by atoms with van der Waals surface area (Å²) < 4.78 is 6.22. The van der Waals surface area contributed by atoms with Crippen molar-refractivity contribution >= 4 is 23.0 Å². The molecule has 1 aliphatic rings. The van der Waals surface area contributed by atoms with Crippen molar-refractivity contribution in [1.82, 2.24) is 20.1 Å². The molecule has 3 heterocycles. The smallest absolute Gasteiger partial charge is 0.280 e. The van der Waals surface area contributed by atoms with E-state index in [-0.39, 0.29) is 17.8 Å². The molecule has 0 unspecified atom stereocenters. The maximum Gasteiger partial charge on any atom is 0.280 e. The van der Waals surface area contributed by atoms with E-state index in [1.54, 1.807) is 30.5 Å². The van der Waals surface area contributed by atoms with Crippen molar-refractivity contribution in [3.8, 4) is 11.3 Å². The quantitative estimate of drug-likeness (QED) is 0.310. The lowest BCUT2D eigenvalue weighted by Crippen LogP contribution is -2.32. The van der Waals surface area contributed by atoms with Gasteiger partial charge in [0.1, 0.15) is 17.6 Å². The molecule has 1 N–H and O–H groups in total. The van der Waals surface area contributed by atoms with Crippen molar-refractivity contribution < 1.29 is 9.34 Å². The number of nitrogens with one attached hydrogen (secondary N) is 1. The number of pyridine rings is 1. The van der Waals surface area contributed by atoms with Gasteiger partial charge in [0.2, 0.25) is 0 Å². The van der Waals surface area contributed by atoms with Gasteiger partial charge in [0, 0.05) is 18.8 Å². The second-order valence-corrected chi connectivity index (χ2v) is 8.34. The molecule has 2 aromatic heterocycles. The molecule has 0 radical (unpaired) electrons. The van der Waals surface area contributed by atoms with Crippen LogP contribution in [0.5, 0.6) is 0 Å². The fourth-order valence-electron chi connectivity index (χ4n) is 4.01. The van der Waals surface area contributed by atoms with Gasteiger partial charge in [0.25, 0.3) is 5.69 Å². The lowest BCUT2D eigenvalue weighted by atomic mass is 10.0. The van der Waals surface area contributed by atoms with E-state index in [1.165, 1.54) is 6.07 Å². The summed E-state index contributed by atoms with van der Waals surface area (Å²) in [5.41, 5.74) is 1.32. The van der Waals surface area contributed by atoms with E-state index in [9.17, 15) is 10.1 Å². The maximum atomic E-state index is 11.5. The Morgan fingerprint density at radius 2 is 1.97 bits per heavy atom. The molecular weight excluding hydrogens is 426 g/mol. The van der Waals surface area contributed by atoms with Crippen LogP contribution in [0.25, 0.3) is 11.3 Å². The third-order valence-corrected chi connectivity index (χ3v) is 5.84. The zero-order valence-corrected chi connectivity index (χ0v) is 18.8. The number of nitro benzene ring substituents is 1. The summed E-state index contributed by atoms with van der Waals surface area (Å²) in [6.07, 6.45) is 2.69. The number of thiocarbonyl (C=S) groups is 1. The molecule has 0 saturated carbocycles. The number of nitro groups is 1. The van der Waals surface area contributed by atoms with E-state index in [2.05, 4.69) is 20.1 Å². The standard InChI is InChI=1S/C23H25N5O3S/c1-26(2)14-7-15-27-22(21(25-23(27)32)17-9-5-6-13-24-17)20-12-11-19(31-20)16-8-3-4-10-18(16)28(29)30/h3-6,8-13,21-22H,7,14-15H2,1-2H3,(H,25,32)/t21-,22-/m0/s1. The van der Waals surface area contributed by atoms with Crippen LogP contribution < -0.4 is 5.32 Å². The molecule has 1 aromatic carbocycles. The molecule has 1 saturated heterocycles. The number of nitrogens with zero attached hydrogens (tertiary/aromatic N) is 4. The minimum Gasteiger partial charge on any atom is -0.459 e. The first-order chi connectivity index (χ1) is 15.5. The van der Waals surface area contributed by atoms with Crippen LogP contribution in [0.15, 0.2) is 65.2 Å². The highest BCUT2D eigenvalue weighted by Crippen LogP contribution is 2.41. The second-order valence-electron chi connectivity index (χ2n) is 7.95. The largest absolute Gasteiger partial charge is 0.459 e. The van der Waals surface area contributed by atoms with Crippen LogP contribution in [0.4, 0.5) is 5.69 Å². The Hall–Kier alpha value is -3.30. The normalized spacial score (nSPS) is 18.2. The molecule has 32 heavy (non-hydrogen) atoms. The van der Waals surface area contributed by atoms with E-state index in [4.69, 9.17) is 16.6 Å². The summed E-state index contributed by atoms with van der Waals surface area (Å²) in [5, 5.41) is 15.5. The van der Waals surface area contributed by atoms with Gasteiger partial charge in [0.05, 0.1) is 22.2 Å². The molecule has 1 fully saturated rings. The molecule has 1 aliphatic heterocycles. The zero-order valence-electron chi connectivity index (χ0n) is 18.0. The fourth-order valence-corrected chi connectivity index (χ4v) is 4.34. The van der Waals surface area contributed by atoms with Crippen molar-refractivity contribution in [1.29, 1.82) is 0 Å². The van der Waals surface area contributed by atoms with E-state index in [0.717, 1.165) is 25.2 Å². The number of aromatic nitrogens is 1. The minimum absolute atomic E-state index is 0.0117. The van der Waals surface area contributed by atoms with Crippen molar-refractivity contribution in [2.75, 3.05) is 27.2 Å². The third kappa shape index (κ3) is 4.49. The van der Waals surface area contributed by atoms with Crippen LogP contribution in [0.1, 0.15) is 30.0 Å². The van der Waals surface area contributed by atoms with E-state index < -0.39 is 4.92 Å². The predicted octanol–water partition coefficient (Wildman–Crippen LogP) is 4.17.